The lowest BCUT2D eigenvalue weighted by Crippen LogP contribution is -2.30. The minimum absolute atomic E-state index is 0.0285. The number of hydrogen-bond donors (Lipinski definition) is 0. The Morgan fingerprint density at radius 3 is 2.68 bits per heavy atom. The predicted molar refractivity (Wildman–Crippen MR) is 101 cm³/mol. The Balaban J connectivity index is 1.76. The third-order valence-corrected chi connectivity index (χ3v) is 5.48. The normalized spacial score (nSPS) is 17.0. The maximum atomic E-state index is 12.4. The van der Waals surface area contributed by atoms with E-state index in [0.29, 0.717) is 18.1 Å². The van der Waals surface area contributed by atoms with Crippen LogP contribution in [0.2, 0.25) is 0 Å². The van der Waals surface area contributed by atoms with Crippen LogP contribution in [0.5, 0.6) is 11.5 Å². The zero-order valence-electron chi connectivity index (χ0n) is 14.6. The molecule has 0 aliphatic carbocycles. The highest BCUT2D eigenvalue weighted by Crippen LogP contribution is 2.41. The average Bonchev–Trinajstić information content (AvgIpc) is 3.02. The summed E-state index contributed by atoms with van der Waals surface area (Å²) in [6.07, 6.45) is 0.859. The summed E-state index contributed by atoms with van der Waals surface area (Å²) in [5, 5.41) is 0.0285. The molecule has 1 atom stereocenters. The molecule has 1 saturated heterocycles. The van der Waals surface area contributed by atoms with Crippen LogP contribution in [0.25, 0.3) is 0 Å². The van der Waals surface area contributed by atoms with Crippen LogP contribution in [-0.4, -0.2) is 36.8 Å². The van der Waals surface area contributed by atoms with Gasteiger partial charge in [0.15, 0.2) is 11.5 Å². The molecule has 2 aromatic rings. The maximum absolute atomic E-state index is 12.4. The summed E-state index contributed by atoms with van der Waals surface area (Å²) in [6.45, 7) is 3.26. The lowest BCUT2D eigenvalue weighted by molar-refractivity contribution is -0.128. The fourth-order valence-electron chi connectivity index (χ4n) is 2.98. The molecule has 1 aliphatic heterocycles. The Bertz CT molecular complexity index is 720. The summed E-state index contributed by atoms with van der Waals surface area (Å²) >= 11 is 1.67. The number of ether oxygens (including phenoxy) is 2. The molecule has 1 unspecified atom stereocenters. The van der Waals surface area contributed by atoms with Crippen molar-refractivity contribution in [2.75, 3.05) is 26.0 Å². The highest BCUT2D eigenvalue weighted by atomic mass is 32.2. The molecule has 1 heterocycles. The summed E-state index contributed by atoms with van der Waals surface area (Å²) in [4.78, 5) is 14.3. The fourth-order valence-corrected chi connectivity index (χ4v) is 4.19. The molecular formula is C20H23NO3S. The van der Waals surface area contributed by atoms with E-state index >= 15 is 0 Å². The molecule has 0 radical (unpaired) electrons. The van der Waals surface area contributed by atoms with Crippen molar-refractivity contribution < 1.29 is 14.3 Å². The molecule has 25 heavy (non-hydrogen) atoms. The van der Waals surface area contributed by atoms with Gasteiger partial charge in [-0.3, -0.25) is 4.79 Å². The Hall–Kier alpha value is -2.14. The van der Waals surface area contributed by atoms with E-state index in [2.05, 4.69) is 12.1 Å². The summed E-state index contributed by atoms with van der Waals surface area (Å²) in [5.41, 5.74) is 2.32. The van der Waals surface area contributed by atoms with Crippen molar-refractivity contribution in [3.8, 4) is 11.5 Å². The van der Waals surface area contributed by atoms with Gasteiger partial charge in [0.25, 0.3) is 0 Å². The summed E-state index contributed by atoms with van der Waals surface area (Å²) in [7, 11) is 1.64. The molecule has 1 fully saturated rings. The first kappa shape index (κ1) is 17.7. The highest BCUT2D eigenvalue weighted by molar-refractivity contribution is 8.00. The van der Waals surface area contributed by atoms with E-state index in [1.807, 2.05) is 48.2 Å². The lowest BCUT2D eigenvalue weighted by Gasteiger charge is -2.25. The van der Waals surface area contributed by atoms with Crippen molar-refractivity contribution >= 4 is 17.7 Å². The molecule has 0 aromatic heterocycles. The van der Waals surface area contributed by atoms with E-state index in [-0.39, 0.29) is 11.3 Å². The number of amides is 1. The zero-order chi connectivity index (χ0) is 17.6. The average molecular weight is 357 g/mol. The van der Waals surface area contributed by atoms with Crippen molar-refractivity contribution in [3.05, 3.63) is 59.7 Å². The van der Waals surface area contributed by atoms with Gasteiger partial charge >= 0.3 is 0 Å². The number of rotatable bonds is 7. The molecule has 5 heteroatoms. The number of hydrogen-bond acceptors (Lipinski definition) is 4. The molecular weight excluding hydrogens is 334 g/mol. The molecule has 4 nitrogen and oxygen atoms in total. The zero-order valence-corrected chi connectivity index (χ0v) is 15.4. The lowest BCUT2D eigenvalue weighted by atomic mass is 10.1. The van der Waals surface area contributed by atoms with Crippen LogP contribution in [0, 0.1) is 0 Å². The van der Waals surface area contributed by atoms with Crippen molar-refractivity contribution in [2.24, 2.45) is 0 Å². The van der Waals surface area contributed by atoms with Crippen molar-refractivity contribution in [2.45, 2.75) is 18.7 Å². The SMILES string of the molecule is CCOc1ccc(C2SCC(=O)N2CCc2ccccc2)cc1OC. The van der Waals surface area contributed by atoms with E-state index in [1.165, 1.54) is 5.56 Å². The van der Waals surface area contributed by atoms with Gasteiger partial charge in [0.1, 0.15) is 5.37 Å². The molecule has 1 amide bonds. The smallest absolute Gasteiger partial charge is 0.233 e. The van der Waals surface area contributed by atoms with E-state index in [9.17, 15) is 4.79 Å². The number of carbonyl (C=O) groups excluding carboxylic acids is 1. The van der Waals surface area contributed by atoms with Gasteiger partial charge in [-0.15, -0.1) is 11.8 Å². The number of thioether (sulfide) groups is 1. The van der Waals surface area contributed by atoms with Gasteiger partial charge in [-0.2, -0.15) is 0 Å². The van der Waals surface area contributed by atoms with Crippen molar-refractivity contribution in [1.29, 1.82) is 0 Å². The monoisotopic (exact) mass is 357 g/mol. The number of benzene rings is 2. The fraction of sp³-hybridized carbons (Fsp3) is 0.350. The van der Waals surface area contributed by atoms with E-state index < -0.39 is 0 Å². The maximum Gasteiger partial charge on any atom is 0.233 e. The predicted octanol–water partition coefficient (Wildman–Crippen LogP) is 3.91. The molecule has 132 valence electrons. The largest absolute Gasteiger partial charge is 0.493 e. The Morgan fingerprint density at radius 2 is 1.96 bits per heavy atom. The van der Waals surface area contributed by atoms with Crippen LogP contribution in [0.3, 0.4) is 0 Å². The van der Waals surface area contributed by atoms with Crippen LogP contribution in [-0.2, 0) is 11.2 Å². The van der Waals surface area contributed by atoms with E-state index in [4.69, 9.17) is 9.47 Å². The van der Waals surface area contributed by atoms with Gasteiger partial charge in [-0.1, -0.05) is 36.4 Å². The number of methoxy groups -OCH3 is 1. The standard InChI is InChI=1S/C20H23NO3S/c1-3-24-17-10-9-16(13-18(17)23-2)20-21(19(22)14-25-20)12-11-15-7-5-4-6-8-15/h4-10,13,20H,3,11-12,14H2,1-2H3. The quantitative estimate of drug-likeness (QED) is 0.753. The summed E-state index contributed by atoms with van der Waals surface area (Å²) in [5.74, 6) is 2.16. The first-order valence-corrected chi connectivity index (χ1v) is 9.53. The molecule has 3 rings (SSSR count). The van der Waals surface area contributed by atoms with Gasteiger partial charge in [0.2, 0.25) is 5.91 Å². The van der Waals surface area contributed by atoms with Gasteiger partial charge in [0, 0.05) is 6.54 Å². The highest BCUT2D eigenvalue weighted by Gasteiger charge is 2.32. The summed E-state index contributed by atoms with van der Waals surface area (Å²) < 4.78 is 11.0. The minimum Gasteiger partial charge on any atom is -0.493 e. The molecule has 0 spiro atoms. The molecule has 0 saturated carbocycles. The van der Waals surface area contributed by atoms with Crippen molar-refractivity contribution in [3.63, 3.8) is 0 Å². The number of nitrogens with zero attached hydrogens (tertiary/aromatic N) is 1. The second-order valence-corrected chi connectivity index (χ2v) is 6.90. The van der Waals surface area contributed by atoms with Crippen molar-refractivity contribution in [1.82, 2.24) is 4.90 Å². The Kier molecular flexibility index (Phi) is 5.87. The second kappa shape index (κ2) is 8.30. The first-order valence-electron chi connectivity index (χ1n) is 8.48. The molecule has 1 aliphatic rings. The van der Waals surface area contributed by atoms with Crippen LogP contribution >= 0.6 is 11.8 Å². The van der Waals surface area contributed by atoms with Crippen LogP contribution in [0.15, 0.2) is 48.5 Å². The molecule has 0 N–H and O–H groups in total. The number of carbonyl (C=O) groups is 1. The van der Waals surface area contributed by atoms with Gasteiger partial charge < -0.3 is 14.4 Å². The third kappa shape index (κ3) is 4.10. The van der Waals surface area contributed by atoms with Gasteiger partial charge in [0.05, 0.1) is 19.5 Å². The van der Waals surface area contributed by atoms with E-state index in [0.717, 1.165) is 24.3 Å². The van der Waals surface area contributed by atoms with E-state index in [1.54, 1.807) is 18.9 Å². The topological polar surface area (TPSA) is 38.8 Å². The second-order valence-electron chi connectivity index (χ2n) is 5.83. The van der Waals surface area contributed by atoms with Gasteiger partial charge in [-0.25, -0.2) is 0 Å². The Labute approximate surface area is 153 Å². The minimum atomic E-state index is 0.0285. The third-order valence-electron chi connectivity index (χ3n) is 4.22. The van der Waals surface area contributed by atoms with Crippen LogP contribution < -0.4 is 9.47 Å². The Morgan fingerprint density at radius 1 is 1.16 bits per heavy atom. The molecule has 0 bridgehead atoms. The molecule has 2 aromatic carbocycles. The van der Waals surface area contributed by atoms with Crippen LogP contribution in [0.1, 0.15) is 23.4 Å². The summed E-state index contributed by atoms with van der Waals surface area (Å²) in [6, 6.07) is 16.2. The van der Waals surface area contributed by atoms with Crippen LogP contribution in [0.4, 0.5) is 0 Å². The first-order chi connectivity index (χ1) is 12.2. The van der Waals surface area contributed by atoms with Gasteiger partial charge in [-0.05, 0) is 36.6 Å².